The van der Waals surface area contributed by atoms with Crippen molar-refractivity contribution in [2.24, 2.45) is 0 Å². The summed E-state index contributed by atoms with van der Waals surface area (Å²) in [6.07, 6.45) is 0.843. The Bertz CT molecular complexity index is 840. The molecule has 26 heavy (non-hydrogen) atoms. The summed E-state index contributed by atoms with van der Waals surface area (Å²) in [4.78, 5) is 41.0. The minimum absolute atomic E-state index is 0.0429. The Morgan fingerprint density at radius 3 is 2.62 bits per heavy atom. The highest BCUT2D eigenvalue weighted by Gasteiger charge is 2.28. The first kappa shape index (κ1) is 20.3. The topological polar surface area (TPSA) is 110 Å². The summed E-state index contributed by atoms with van der Waals surface area (Å²) in [5.74, 6) is -1.94. The summed E-state index contributed by atoms with van der Waals surface area (Å²) < 4.78 is 30.0. The standard InChI is InChI=1S/C15H17ClN2O7S/c1-17(24-2)26(22,23)10-5-6-12(16)11(8-10)15(21)25-9-14(20)18-7-3-4-13(18)19/h5-6,8H,3-4,7,9H2,1-2H3. The molecule has 1 aliphatic heterocycles. The van der Waals surface area contributed by atoms with E-state index in [4.69, 9.17) is 16.3 Å². The van der Waals surface area contributed by atoms with Gasteiger partial charge in [-0.15, -0.1) is 0 Å². The summed E-state index contributed by atoms with van der Waals surface area (Å²) in [6, 6.07) is 3.46. The molecule has 0 aromatic heterocycles. The number of esters is 1. The molecular weight excluding hydrogens is 388 g/mol. The van der Waals surface area contributed by atoms with E-state index >= 15 is 0 Å². The molecule has 1 fully saturated rings. The van der Waals surface area contributed by atoms with Gasteiger partial charge in [-0.3, -0.25) is 19.3 Å². The molecule has 0 atom stereocenters. The van der Waals surface area contributed by atoms with E-state index in [2.05, 4.69) is 4.84 Å². The minimum Gasteiger partial charge on any atom is -0.452 e. The fraction of sp³-hybridized carbons (Fsp3) is 0.400. The number of likely N-dealkylation sites (tertiary alicyclic amines) is 1. The lowest BCUT2D eigenvalue weighted by Gasteiger charge is -2.15. The van der Waals surface area contributed by atoms with Crippen molar-refractivity contribution < 1.29 is 32.4 Å². The van der Waals surface area contributed by atoms with E-state index in [9.17, 15) is 22.8 Å². The number of hydrogen-bond donors (Lipinski definition) is 0. The van der Waals surface area contributed by atoms with E-state index in [-0.39, 0.29) is 34.4 Å². The van der Waals surface area contributed by atoms with Crippen LogP contribution in [0.5, 0.6) is 0 Å². The molecule has 2 rings (SSSR count). The van der Waals surface area contributed by atoms with Crippen LogP contribution in [0.3, 0.4) is 0 Å². The Morgan fingerprint density at radius 1 is 1.35 bits per heavy atom. The third kappa shape index (κ3) is 4.21. The third-order valence-electron chi connectivity index (χ3n) is 3.75. The molecule has 0 radical (unpaired) electrons. The molecule has 0 bridgehead atoms. The Morgan fingerprint density at radius 2 is 2.04 bits per heavy atom. The molecule has 2 amide bonds. The van der Waals surface area contributed by atoms with Gasteiger partial charge in [0.25, 0.3) is 15.9 Å². The van der Waals surface area contributed by atoms with Crippen molar-refractivity contribution in [3.63, 3.8) is 0 Å². The lowest BCUT2D eigenvalue weighted by atomic mass is 10.2. The van der Waals surface area contributed by atoms with Crippen LogP contribution in [0.25, 0.3) is 0 Å². The predicted octanol–water partition coefficient (Wildman–Crippen LogP) is 0.828. The number of sulfonamides is 1. The maximum atomic E-state index is 12.2. The number of halogens is 1. The monoisotopic (exact) mass is 404 g/mol. The lowest BCUT2D eigenvalue weighted by molar-refractivity contribution is -0.143. The van der Waals surface area contributed by atoms with Gasteiger partial charge in [-0.2, -0.15) is 0 Å². The van der Waals surface area contributed by atoms with Crippen LogP contribution in [0.15, 0.2) is 23.1 Å². The highest BCUT2D eigenvalue weighted by molar-refractivity contribution is 7.89. The van der Waals surface area contributed by atoms with Gasteiger partial charge in [-0.25, -0.2) is 13.2 Å². The average Bonchev–Trinajstić information content (AvgIpc) is 3.04. The van der Waals surface area contributed by atoms with Crippen LogP contribution in [0.2, 0.25) is 5.02 Å². The second-order valence-corrected chi connectivity index (χ2v) is 7.70. The first-order chi connectivity index (χ1) is 12.2. The second-order valence-electron chi connectivity index (χ2n) is 5.36. The minimum atomic E-state index is -3.99. The van der Waals surface area contributed by atoms with Crippen LogP contribution in [0, 0.1) is 0 Å². The van der Waals surface area contributed by atoms with Gasteiger partial charge in [-0.1, -0.05) is 16.1 Å². The molecule has 0 saturated carbocycles. The Balaban J connectivity index is 2.15. The Hall–Kier alpha value is -2.01. The molecule has 1 saturated heterocycles. The summed E-state index contributed by atoms with van der Waals surface area (Å²) in [5.41, 5.74) is -0.224. The van der Waals surface area contributed by atoms with E-state index in [0.717, 1.165) is 11.0 Å². The molecule has 0 N–H and O–H groups in total. The molecular formula is C15H17ClN2O7S. The highest BCUT2D eigenvalue weighted by Crippen LogP contribution is 2.23. The quantitative estimate of drug-likeness (QED) is 0.510. The molecule has 0 aliphatic carbocycles. The van der Waals surface area contributed by atoms with E-state index < -0.39 is 28.5 Å². The number of carbonyl (C=O) groups excluding carboxylic acids is 3. The molecule has 1 aliphatic rings. The molecule has 9 nitrogen and oxygen atoms in total. The van der Waals surface area contributed by atoms with Crippen molar-refractivity contribution in [3.8, 4) is 0 Å². The smallest absolute Gasteiger partial charge is 0.340 e. The molecule has 0 spiro atoms. The zero-order valence-corrected chi connectivity index (χ0v) is 15.7. The summed E-state index contributed by atoms with van der Waals surface area (Å²) in [5, 5.41) is -0.0429. The number of imide groups is 1. The van der Waals surface area contributed by atoms with Crippen molar-refractivity contribution >= 4 is 39.4 Å². The summed E-state index contributed by atoms with van der Waals surface area (Å²) >= 11 is 5.93. The van der Waals surface area contributed by atoms with Gasteiger partial charge in [0, 0.05) is 20.0 Å². The number of carbonyl (C=O) groups is 3. The third-order valence-corrected chi connectivity index (χ3v) is 5.76. The van der Waals surface area contributed by atoms with Crippen LogP contribution >= 0.6 is 11.6 Å². The molecule has 142 valence electrons. The van der Waals surface area contributed by atoms with Crippen LogP contribution < -0.4 is 0 Å². The molecule has 1 aromatic carbocycles. The Labute approximate surface area is 155 Å². The summed E-state index contributed by atoms with van der Waals surface area (Å²) in [6.45, 7) is -0.358. The van der Waals surface area contributed by atoms with Crippen molar-refractivity contribution in [1.82, 2.24) is 9.37 Å². The first-order valence-corrected chi connectivity index (χ1v) is 9.33. The zero-order valence-electron chi connectivity index (χ0n) is 14.1. The Kier molecular flexibility index (Phi) is 6.34. The van der Waals surface area contributed by atoms with Gasteiger partial charge >= 0.3 is 5.97 Å². The maximum absolute atomic E-state index is 12.2. The fourth-order valence-electron chi connectivity index (χ4n) is 2.26. The van der Waals surface area contributed by atoms with Crippen molar-refractivity contribution in [3.05, 3.63) is 28.8 Å². The number of amides is 2. The predicted molar refractivity (Wildman–Crippen MR) is 89.6 cm³/mol. The van der Waals surface area contributed by atoms with E-state index in [1.165, 1.54) is 26.3 Å². The van der Waals surface area contributed by atoms with Gasteiger partial charge in [-0.05, 0) is 24.6 Å². The van der Waals surface area contributed by atoms with Gasteiger partial charge < -0.3 is 4.74 Å². The molecule has 0 unspecified atom stereocenters. The van der Waals surface area contributed by atoms with Gasteiger partial charge in [0.1, 0.15) is 0 Å². The first-order valence-electron chi connectivity index (χ1n) is 7.51. The molecule has 1 aromatic rings. The number of ether oxygens (including phenoxy) is 1. The summed E-state index contributed by atoms with van der Waals surface area (Å²) in [7, 11) is -1.63. The van der Waals surface area contributed by atoms with Crippen molar-refractivity contribution in [1.29, 1.82) is 0 Å². The SMILES string of the molecule is CON(C)S(=O)(=O)c1ccc(Cl)c(C(=O)OCC(=O)N2CCCC2=O)c1. The number of rotatable bonds is 6. The average molecular weight is 405 g/mol. The number of hydroxylamine groups is 1. The van der Waals surface area contributed by atoms with E-state index in [1.54, 1.807) is 0 Å². The fourth-order valence-corrected chi connectivity index (χ4v) is 3.46. The van der Waals surface area contributed by atoms with Gasteiger partial charge in [0.05, 0.1) is 22.6 Å². The number of benzene rings is 1. The van der Waals surface area contributed by atoms with Crippen molar-refractivity contribution in [2.45, 2.75) is 17.7 Å². The highest BCUT2D eigenvalue weighted by atomic mass is 35.5. The van der Waals surface area contributed by atoms with Gasteiger partial charge in [0.2, 0.25) is 5.91 Å². The molecule has 1 heterocycles. The second kappa shape index (κ2) is 8.12. The van der Waals surface area contributed by atoms with Crippen LogP contribution in [-0.2, 0) is 29.2 Å². The van der Waals surface area contributed by atoms with Crippen LogP contribution in [0.4, 0.5) is 0 Å². The number of hydrogen-bond acceptors (Lipinski definition) is 7. The van der Waals surface area contributed by atoms with Crippen molar-refractivity contribution in [2.75, 3.05) is 27.3 Å². The normalized spacial score (nSPS) is 14.8. The van der Waals surface area contributed by atoms with Crippen LogP contribution in [0.1, 0.15) is 23.2 Å². The molecule has 11 heteroatoms. The van der Waals surface area contributed by atoms with E-state index in [1.807, 2.05) is 0 Å². The van der Waals surface area contributed by atoms with E-state index in [0.29, 0.717) is 10.9 Å². The van der Waals surface area contributed by atoms with Crippen LogP contribution in [-0.4, -0.2) is 62.9 Å². The lowest BCUT2D eigenvalue weighted by Crippen LogP contribution is -2.35. The largest absolute Gasteiger partial charge is 0.452 e. The zero-order chi connectivity index (χ0) is 19.5. The van der Waals surface area contributed by atoms with Gasteiger partial charge in [0.15, 0.2) is 6.61 Å². The number of nitrogens with zero attached hydrogens (tertiary/aromatic N) is 2. The maximum Gasteiger partial charge on any atom is 0.340 e.